The number of alkyl halides is 2. The Balaban J connectivity index is 1.64. The van der Waals surface area contributed by atoms with E-state index in [1.807, 2.05) is 0 Å². The lowest BCUT2D eigenvalue weighted by Crippen LogP contribution is -2.35. The second-order valence-electron chi connectivity index (χ2n) is 7.57. The van der Waals surface area contributed by atoms with Gasteiger partial charge in [-0.1, -0.05) is 41.9 Å². The number of urea groups is 1. The van der Waals surface area contributed by atoms with E-state index in [9.17, 15) is 23.2 Å². The van der Waals surface area contributed by atoms with Crippen molar-refractivity contribution in [2.75, 3.05) is 18.9 Å². The van der Waals surface area contributed by atoms with Gasteiger partial charge in [0, 0.05) is 26.3 Å². The smallest absolute Gasteiger partial charge is 0.314 e. The molecule has 0 bridgehead atoms. The lowest BCUT2D eigenvalue weighted by Gasteiger charge is -2.17. The van der Waals surface area contributed by atoms with Crippen molar-refractivity contribution in [2.45, 2.75) is 25.6 Å². The van der Waals surface area contributed by atoms with Gasteiger partial charge in [-0.25, -0.2) is 9.78 Å². The van der Waals surface area contributed by atoms with Crippen LogP contribution in [0, 0.1) is 0 Å². The van der Waals surface area contributed by atoms with Crippen LogP contribution in [0.2, 0.25) is 5.15 Å². The highest BCUT2D eigenvalue weighted by molar-refractivity contribution is 6.29. The average Bonchev–Trinajstić information content (AvgIpc) is 2.89. The van der Waals surface area contributed by atoms with E-state index >= 15 is 0 Å². The van der Waals surface area contributed by atoms with Crippen LogP contribution < -0.4 is 26.8 Å². The molecule has 3 rings (SSSR count). The van der Waals surface area contributed by atoms with Gasteiger partial charge in [-0.05, 0) is 23.3 Å². The zero-order chi connectivity index (χ0) is 26.1. The molecule has 0 aliphatic carbocycles. The fourth-order valence-electron chi connectivity index (χ4n) is 3.16. The number of pyridine rings is 1. The Hall–Kier alpha value is -4.06. The molecule has 0 radical (unpaired) electrons. The summed E-state index contributed by atoms with van der Waals surface area (Å²) in [5.41, 5.74) is 0.261. The van der Waals surface area contributed by atoms with Crippen molar-refractivity contribution in [2.24, 2.45) is 0 Å². The molecule has 3 amide bonds. The first kappa shape index (κ1) is 26.5. The molecule has 36 heavy (non-hydrogen) atoms. The molecule has 0 atom stereocenters. The van der Waals surface area contributed by atoms with E-state index < -0.39 is 36.2 Å². The summed E-state index contributed by atoms with van der Waals surface area (Å²) in [6.07, 6.45) is 2.34. The lowest BCUT2D eigenvalue weighted by molar-refractivity contribution is -0.121. The maximum absolute atomic E-state index is 14.4. The third-order valence-corrected chi connectivity index (χ3v) is 5.39. The number of nitrogens with one attached hydrogen (secondary N) is 4. The van der Waals surface area contributed by atoms with Gasteiger partial charge in [0.1, 0.15) is 17.4 Å². The van der Waals surface area contributed by atoms with Crippen LogP contribution in [0.5, 0.6) is 0 Å². The topological polar surface area (TPSA) is 130 Å². The highest BCUT2D eigenvalue weighted by Crippen LogP contribution is 2.25. The molecular weight excluding hydrogens is 496 g/mol. The number of carbonyl (C=O) groups is 2. The molecule has 0 saturated carbocycles. The van der Waals surface area contributed by atoms with Crippen LogP contribution in [0.3, 0.4) is 0 Å². The molecule has 0 spiro atoms. The Morgan fingerprint density at radius 1 is 1.03 bits per heavy atom. The number of benzene rings is 1. The SMILES string of the molecule is CNC(=O)NCc1ccccc1CNC(=O)Cn1c(Cl)cnc(NCC(F)(F)c2ccccn2)c1=O. The summed E-state index contributed by atoms with van der Waals surface area (Å²) in [5, 5.41) is 10.0. The minimum absolute atomic E-state index is 0.128. The third-order valence-electron chi connectivity index (χ3n) is 5.09. The van der Waals surface area contributed by atoms with E-state index in [4.69, 9.17) is 11.6 Å². The molecular formula is C23H24ClF2N7O3. The Kier molecular flexibility index (Phi) is 8.90. The summed E-state index contributed by atoms with van der Waals surface area (Å²) in [5.74, 6) is -4.28. The maximum Gasteiger partial charge on any atom is 0.314 e. The van der Waals surface area contributed by atoms with Crippen molar-refractivity contribution in [1.82, 2.24) is 30.5 Å². The number of nitrogens with zero attached hydrogens (tertiary/aromatic N) is 3. The first-order chi connectivity index (χ1) is 17.2. The van der Waals surface area contributed by atoms with E-state index in [0.29, 0.717) is 0 Å². The number of aromatic nitrogens is 3. The number of anilines is 1. The van der Waals surface area contributed by atoms with Crippen LogP contribution in [0.15, 0.2) is 59.7 Å². The second kappa shape index (κ2) is 12.1. The van der Waals surface area contributed by atoms with Crippen molar-refractivity contribution < 1.29 is 18.4 Å². The Labute approximate surface area is 210 Å². The quantitative estimate of drug-likeness (QED) is 0.325. The summed E-state index contributed by atoms with van der Waals surface area (Å²) >= 11 is 6.05. The van der Waals surface area contributed by atoms with Crippen LogP contribution in [0.4, 0.5) is 19.4 Å². The van der Waals surface area contributed by atoms with E-state index in [-0.39, 0.29) is 30.1 Å². The highest BCUT2D eigenvalue weighted by Gasteiger charge is 2.33. The average molecular weight is 520 g/mol. The second-order valence-corrected chi connectivity index (χ2v) is 7.96. The van der Waals surface area contributed by atoms with Crippen LogP contribution in [0.1, 0.15) is 16.8 Å². The molecule has 2 heterocycles. The molecule has 190 valence electrons. The van der Waals surface area contributed by atoms with Crippen LogP contribution in [-0.2, 0) is 30.4 Å². The summed E-state index contributed by atoms with van der Waals surface area (Å²) in [7, 11) is 1.50. The first-order valence-corrected chi connectivity index (χ1v) is 11.2. The number of carbonyl (C=O) groups excluding carboxylic acids is 2. The lowest BCUT2D eigenvalue weighted by atomic mass is 10.1. The fourth-order valence-corrected chi connectivity index (χ4v) is 3.35. The van der Waals surface area contributed by atoms with E-state index in [1.54, 1.807) is 24.3 Å². The zero-order valence-corrected chi connectivity index (χ0v) is 20.0. The predicted octanol–water partition coefficient (Wildman–Crippen LogP) is 2.24. The largest absolute Gasteiger partial charge is 0.359 e. The predicted molar refractivity (Wildman–Crippen MR) is 130 cm³/mol. The van der Waals surface area contributed by atoms with E-state index in [2.05, 4.69) is 31.2 Å². The molecule has 4 N–H and O–H groups in total. The molecule has 0 aliphatic heterocycles. The van der Waals surface area contributed by atoms with Gasteiger partial charge >= 0.3 is 12.0 Å². The van der Waals surface area contributed by atoms with Gasteiger partial charge in [0.2, 0.25) is 5.91 Å². The number of hydrogen-bond acceptors (Lipinski definition) is 6. The van der Waals surface area contributed by atoms with Crippen LogP contribution in [-0.4, -0.2) is 40.1 Å². The summed E-state index contributed by atoms with van der Waals surface area (Å²) in [6.45, 7) is -1.01. The van der Waals surface area contributed by atoms with Crippen LogP contribution >= 0.6 is 11.6 Å². The molecule has 0 saturated heterocycles. The molecule has 2 aromatic heterocycles. The van der Waals surface area contributed by atoms with E-state index in [1.165, 1.54) is 31.4 Å². The van der Waals surface area contributed by atoms with Gasteiger partial charge < -0.3 is 21.3 Å². The van der Waals surface area contributed by atoms with Gasteiger partial charge in [-0.2, -0.15) is 8.78 Å². The molecule has 0 unspecified atom stereocenters. The van der Waals surface area contributed by atoms with Crippen molar-refractivity contribution in [1.29, 1.82) is 0 Å². The first-order valence-electron chi connectivity index (χ1n) is 10.8. The van der Waals surface area contributed by atoms with E-state index in [0.717, 1.165) is 21.9 Å². The van der Waals surface area contributed by atoms with Gasteiger partial charge in [-0.15, -0.1) is 0 Å². The Morgan fingerprint density at radius 2 is 1.69 bits per heavy atom. The normalized spacial score (nSPS) is 11.0. The van der Waals surface area contributed by atoms with Crippen molar-refractivity contribution >= 4 is 29.4 Å². The fraction of sp³-hybridized carbons (Fsp3) is 0.261. The molecule has 1 aromatic carbocycles. The summed E-state index contributed by atoms with van der Waals surface area (Å²) in [4.78, 5) is 44.2. The molecule has 10 nitrogen and oxygen atoms in total. The number of amides is 3. The molecule has 0 aliphatic rings. The molecule has 13 heteroatoms. The number of hydrogen-bond donors (Lipinski definition) is 4. The summed E-state index contributed by atoms with van der Waals surface area (Å²) < 4.78 is 29.7. The van der Waals surface area contributed by atoms with Crippen LogP contribution in [0.25, 0.3) is 0 Å². The minimum Gasteiger partial charge on any atom is -0.359 e. The van der Waals surface area contributed by atoms with Gasteiger partial charge in [0.25, 0.3) is 5.56 Å². The third kappa shape index (κ3) is 6.98. The molecule has 0 fully saturated rings. The van der Waals surface area contributed by atoms with Crippen molar-refractivity contribution in [3.8, 4) is 0 Å². The maximum atomic E-state index is 14.4. The molecule has 3 aromatic rings. The van der Waals surface area contributed by atoms with Crippen molar-refractivity contribution in [3.05, 3.63) is 87.2 Å². The number of halogens is 3. The summed E-state index contributed by atoms with van der Waals surface area (Å²) in [6, 6.07) is 10.9. The van der Waals surface area contributed by atoms with Gasteiger partial charge in [0.05, 0.1) is 12.7 Å². The number of rotatable bonds is 10. The van der Waals surface area contributed by atoms with Gasteiger partial charge in [0.15, 0.2) is 5.82 Å². The van der Waals surface area contributed by atoms with Crippen molar-refractivity contribution in [3.63, 3.8) is 0 Å². The highest BCUT2D eigenvalue weighted by atomic mass is 35.5. The Morgan fingerprint density at radius 3 is 2.33 bits per heavy atom. The zero-order valence-electron chi connectivity index (χ0n) is 19.2. The monoisotopic (exact) mass is 519 g/mol. The standard InChI is InChI=1S/C23H24ClF2N7O3/c1-27-22(36)31-11-16-7-3-2-6-15(16)10-29-19(34)13-33-18(24)12-30-20(21(33)35)32-14-23(25,26)17-8-4-5-9-28-17/h2-9,12H,10-11,13-14H2,1H3,(H,29,34)(H,30,32)(H2,27,31,36). The minimum atomic E-state index is -3.36. The Bertz CT molecular complexity index is 1270. The van der Waals surface area contributed by atoms with Gasteiger partial charge in [-0.3, -0.25) is 19.1 Å².